The van der Waals surface area contributed by atoms with E-state index in [0.29, 0.717) is 32.5 Å². The van der Waals surface area contributed by atoms with Gasteiger partial charge in [-0.15, -0.1) is 11.3 Å². The maximum absolute atomic E-state index is 13.3. The van der Waals surface area contributed by atoms with Crippen molar-refractivity contribution < 1.29 is 27.9 Å². The Hall–Kier alpha value is -3.32. The number of halogens is 1. The summed E-state index contributed by atoms with van der Waals surface area (Å²) in [5.74, 6) is -1.81. The van der Waals surface area contributed by atoms with E-state index in [4.69, 9.17) is 17.0 Å². The molecule has 1 atom stereocenters. The fraction of sp³-hybridized carbons (Fsp3) is 0.250. The monoisotopic (exact) mass is 562 g/mol. The molecular weight excluding hydrogens is 540 g/mol. The molecule has 0 unspecified atom stereocenters. The standard InChI is InChI=1S/C24H23ClN4O6S2/c1-27(8-9-30)23(26)16-4-2-15(3-5-16)12-29-19(24(32)33)13-28(14-21(29)31)37(34,35)22-10-17-6-7-18(25)11-20(17)36-22/h2-7,9-11,19,26H,8,12-14H2,1H3,(H,32,33)/t19-/m1/s1. The summed E-state index contributed by atoms with van der Waals surface area (Å²) in [6.07, 6.45) is 0.691. The van der Waals surface area contributed by atoms with E-state index >= 15 is 0 Å². The van der Waals surface area contributed by atoms with Crippen LogP contribution in [-0.4, -0.2) is 84.4 Å². The predicted molar refractivity (Wildman–Crippen MR) is 140 cm³/mol. The van der Waals surface area contributed by atoms with Crippen LogP contribution in [0.1, 0.15) is 11.1 Å². The van der Waals surface area contributed by atoms with Crippen LogP contribution in [0.2, 0.25) is 5.02 Å². The van der Waals surface area contributed by atoms with Crippen molar-refractivity contribution in [2.75, 3.05) is 26.7 Å². The molecule has 0 spiro atoms. The molecule has 0 saturated carbocycles. The number of aldehydes is 1. The minimum atomic E-state index is -4.12. The second-order valence-electron chi connectivity index (χ2n) is 8.51. The minimum Gasteiger partial charge on any atom is -0.480 e. The van der Waals surface area contributed by atoms with E-state index in [1.54, 1.807) is 49.5 Å². The molecule has 13 heteroatoms. The van der Waals surface area contributed by atoms with Gasteiger partial charge in [0.2, 0.25) is 5.91 Å². The number of hydrogen-bond donors (Lipinski definition) is 2. The van der Waals surface area contributed by atoms with E-state index in [0.717, 1.165) is 20.5 Å². The molecular formula is C24H23ClN4O6S2. The van der Waals surface area contributed by atoms with Crippen LogP contribution in [0.3, 0.4) is 0 Å². The van der Waals surface area contributed by atoms with Crippen LogP contribution in [0.25, 0.3) is 10.1 Å². The molecule has 1 aromatic heterocycles. The van der Waals surface area contributed by atoms with Gasteiger partial charge >= 0.3 is 5.97 Å². The number of thiophene rings is 1. The third-order valence-electron chi connectivity index (χ3n) is 6.03. The van der Waals surface area contributed by atoms with E-state index < -0.39 is 41.0 Å². The molecule has 0 bridgehead atoms. The molecule has 2 aromatic carbocycles. The lowest BCUT2D eigenvalue weighted by atomic mass is 10.1. The number of hydrogen-bond acceptors (Lipinski definition) is 7. The lowest BCUT2D eigenvalue weighted by molar-refractivity contribution is -0.154. The van der Waals surface area contributed by atoms with E-state index in [2.05, 4.69) is 0 Å². The van der Waals surface area contributed by atoms with Crippen LogP contribution in [0.5, 0.6) is 0 Å². The third kappa shape index (κ3) is 5.52. The van der Waals surface area contributed by atoms with Gasteiger partial charge in [0.05, 0.1) is 13.1 Å². The van der Waals surface area contributed by atoms with Crippen molar-refractivity contribution in [3.05, 3.63) is 64.7 Å². The maximum Gasteiger partial charge on any atom is 0.327 e. The average Bonchev–Trinajstić information content (AvgIpc) is 3.29. The van der Waals surface area contributed by atoms with Crippen LogP contribution in [0.4, 0.5) is 0 Å². The van der Waals surface area contributed by atoms with Crippen LogP contribution in [0.15, 0.2) is 52.7 Å². The predicted octanol–water partition coefficient (Wildman–Crippen LogP) is 2.50. The number of carboxylic acid groups (broad SMARTS) is 1. The molecule has 1 saturated heterocycles. The highest BCUT2D eigenvalue weighted by Gasteiger charge is 2.42. The first-order valence-electron chi connectivity index (χ1n) is 11.1. The number of aliphatic carboxylic acids is 1. The van der Waals surface area contributed by atoms with Crippen molar-refractivity contribution >= 4 is 67.0 Å². The lowest BCUT2D eigenvalue weighted by Crippen LogP contribution is -2.59. The highest BCUT2D eigenvalue weighted by molar-refractivity contribution is 7.91. The Morgan fingerprint density at radius 2 is 1.95 bits per heavy atom. The molecule has 1 aliphatic rings. The number of nitrogens with zero attached hydrogens (tertiary/aromatic N) is 3. The first-order valence-corrected chi connectivity index (χ1v) is 13.7. The van der Waals surface area contributed by atoms with Gasteiger partial charge in [-0.3, -0.25) is 10.2 Å². The van der Waals surface area contributed by atoms with Gasteiger partial charge in [-0.1, -0.05) is 41.9 Å². The number of amidine groups is 1. The van der Waals surface area contributed by atoms with E-state index in [9.17, 15) is 27.9 Å². The van der Waals surface area contributed by atoms with Crippen LogP contribution >= 0.6 is 22.9 Å². The Morgan fingerprint density at radius 1 is 1.24 bits per heavy atom. The molecule has 1 fully saturated rings. The summed E-state index contributed by atoms with van der Waals surface area (Å²) in [6.45, 7) is -0.849. The minimum absolute atomic E-state index is 0.00717. The quantitative estimate of drug-likeness (QED) is 0.244. The average molecular weight is 563 g/mol. The van der Waals surface area contributed by atoms with Crippen molar-refractivity contribution in [3.63, 3.8) is 0 Å². The largest absolute Gasteiger partial charge is 0.480 e. The zero-order valence-electron chi connectivity index (χ0n) is 19.6. The summed E-state index contributed by atoms with van der Waals surface area (Å²) in [7, 11) is -2.50. The molecule has 1 aliphatic heterocycles. The Kier molecular flexibility index (Phi) is 7.64. The summed E-state index contributed by atoms with van der Waals surface area (Å²) >= 11 is 7.01. The number of carbonyl (C=O) groups excluding carboxylic acids is 2. The second kappa shape index (κ2) is 10.6. The molecule has 10 nitrogen and oxygen atoms in total. The molecule has 37 heavy (non-hydrogen) atoms. The molecule has 0 aliphatic carbocycles. The molecule has 4 rings (SSSR count). The molecule has 3 aromatic rings. The topological polar surface area (TPSA) is 139 Å². The second-order valence-corrected chi connectivity index (χ2v) is 12.2. The summed E-state index contributed by atoms with van der Waals surface area (Å²) in [6, 6.07) is 11.7. The SMILES string of the molecule is CN(CC=O)C(=N)c1ccc(CN2C(=O)CN(S(=O)(=O)c3cc4ccc(Cl)cc4s3)C[C@@H]2C(=O)O)cc1. The third-order valence-corrected chi connectivity index (χ3v) is 9.63. The molecule has 2 N–H and O–H groups in total. The fourth-order valence-corrected chi connectivity index (χ4v) is 7.21. The van der Waals surface area contributed by atoms with Gasteiger partial charge in [-0.25, -0.2) is 13.2 Å². The number of likely N-dealkylation sites (N-methyl/N-ethyl adjacent to an activating group) is 1. The summed E-state index contributed by atoms with van der Waals surface area (Å²) in [5, 5.41) is 19.1. The zero-order chi connectivity index (χ0) is 26.9. The molecule has 0 radical (unpaired) electrons. The van der Waals surface area contributed by atoms with Crippen LogP contribution in [-0.2, 0) is 31.0 Å². The number of rotatable bonds is 8. The van der Waals surface area contributed by atoms with Crippen molar-refractivity contribution in [1.29, 1.82) is 5.41 Å². The van der Waals surface area contributed by atoms with Crippen molar-refractivity contribution in [2.24, 2.45) is 0 Å². The van der Waals surface area contributed by atoms with Gasteiger partial charge in [-0.2, -0.15) is 4.31 Å². The maximum atomic E-state index is 13.3. The summed E-state index contributed by atoms with van der Waals surface area (Å²) in [5.41, 5.74) is 1.17. The number of amides is 1. The first kappa shape index (κ1) is 26.7. The van der Waals surface area contributed by atoms with Crippen molar-refractivity contribution in [2.45, 2.75) is 16.8 Å². The fourth-order valence-electron chi connectivity index (χ4n) is 3.99. The molecule has 1 amide bonds. The van der Waals surface area contributed by atoms with Gasteiger partial charge in [0, 0.05) is 35.4 Å². The molecule has 2 heterocycles. The smallest absolute Gasteiger partial charge is 0.327 e. The van der Waals surface area contributed by atoms with Crippen molar-refractivity contribution in [1.82, 2.24) is 14.1 Å². The van der Waals surface area contributed by atoms with E-state index in [-0.39, 0.29) is 23.1 Å². The first-order chi connectivity index (χ1) is 17.5. The van der Waals surface area contributed by atoms with Gasteiger partial charge in [0.15, 0.2) is 0 Å². The zero-order valence-corrected chi connectivity index (χ0v) is 22.0. The van der Waals surface area contributed by atoms with Gasteiger partial charge in [0.1, 0.15) is 22.4 Å². The number of piperazine rings is 1. The summed E-state index contributed by atoms with van der Waals surface area (Å²) < 4.78 is 28.2. The van der Waals surface area contributed by atoms with Gasteiger partial charge in [-0.05, 0) is 29.1 Å². The normalized spacial score (nSPS) is 16.6. The number of nitrogens with one attached hydrogen (secondary N) is 1. The highest BCUT2D eigenvalue weighted by atomic mass is 35.5. The number of sulfonamides is 1. The van der Waals surface area contributed by atoms with Gasteiger partial charge in [0.25, 0.3) is 10.0 Å². The van der Waals surface area contributed by atoms with Crippen LogP contribution in [0, 0.1) is 5.41 Å². The highest BCUT2D eigenvalue weighted by Crippen LogP contribution is 2.33. The van der Waals surface area contributed by atoms with Crippen LogP contribution < -0.4 is 0 Å². The number of carbonyl (C=O) groups is 3. The van der Waals surface area contributed by atoms with E-state index in [1.807, 2.05) is 0 Å². The Balaban J connectivity index is 1.53. The lowest BCUT2D eigenvalue weighted by Gasteiger charge is -2.38. The van der Waals surface area contributed by atoms with Gasteiger partial charge < -0.3 is 19.7 Å². The summed E-state index contributed by atoms with van der Waals surface area (Å²) in [4.78, 5) is 38.4. The Morgan fingerprint density at radius 3 is 2.59 bits per heavy atom. The van der Waals surface area contributed by atoms with Crippen molar-refractivity contribution in [3.8, 4) is 0 Å². The Labute approximate surface area is 222 Å². The Bertz CT molecular complexity index is 1490. The number of benzene rings is 2. The molecule has 194 valence electrons. The number of carboxylic acids is 1. The number of fused-ring (bicyclic) bond motifs is 1. The van der Waals surface area contributed by atoms with E-state index in [1.165, 1.54) is 11.0 Å².